The Morgan fingerprint density at radius 3 is 2.25 bits per heavy atom. The van der Waals surface area contributed by atoms with E-state index in [-0.39, 0.29) is 24.4 Å². The molecule has 0 spiro atoms. The number of hydrogen-bond donors (Lipinski definition) is 1. The van der Waals surface area contributed by atoms with E-state index in [1.54, 1.807) is 0 Å². The van der Waals surface area contributed by atoms with E-state index in [0.717, 1.165) is 31.3 Å². The number of carbonyl (C=O) groups is 1. The molecule has 0 aromatic carbocycles. The average molecular weight is 247 g/mol. The zero-order valence-corrected chi connectivity index (χ0v) is 10.8. The number of nitrogens with two attached hydrogens (primary N) is 1. The van der Waals surface area contributed by atoms with Crippen LogP contribution in [0.25, 0.3) is 0 Å². The van der Waals surface area contributed by atoms with Crippen LogP contribution in [0, 0.1) is 11.8 Å². The fourth-order valence-electron chi connectivity index (χ4n) is 2.99. The minimum absolute atomic E-state index is 0. The van der Waals surface area contributed by atoms with Crippen molar-refractivity contribution in [2.24, 2.45) is 17.6 Å². The van der Waals surface area contributed by atoms with E-state index in [9.17, 15) is 4.79 Å². The van der Waals surface area contributed by atoms with Gasteiger partial charge in [0, 0.05) is 13.1 Å². The third-order valence-corrected chi connectivity index (χ3v) is 4.04. The summed E-state index contributed by atoms with van der Waals surface area (Å²) in [6, 6.07) is -0.273. The fourth-order valence-corrected chi connectivity index (χ4v) is 2.99. The molecule has 1 saturated carbocycles. The molecule has 2 rings (SSSR count). The van der Waals surface area contributed by atoms with Gasteiger partial charge in [0.2, 0.25) is 5.91 Å². The number of carbonyl (C=O) groups excluding carboxylic acids is 1. The van der Waals surface area contributed by atoms with Crippen molar-refractivity contribution in [1.82, 2.24) is 4.90 Å². The van der Waals surface area contributed by atoms with E-state index in [0.29, 0.717) is 0 Å². The van der Waals surface area contributed by atoms with E-state index in [1.807, 2.05) is 11.8 Å². The van der Waals surface area contributed by atoms with Crippen LogP contribution in [0.15, 0.2) is 0 Å². The molecule has 1 aliphatic carbocycles. The molecule has 0 aromatic rings. The predicted octanol–water partition coefficient (Wildman–Crippen LogP) is 1.79. The van der Waals surface area contributed by atoms with E-state index in [1.165, 1.54) is 25.7 Å². The van der Waals surface area contributed by atoms with E-state index in [4.69, 9.17) is 5.73 Å². The van der Waals surface area contributed by atoms with Gasteiger partial charge >= 0.3 is 0 Å². The molecule has 94 valence electrons. The molecular weight excluding hydrogens is 224 g/mol. The van der Waals surface area contributed by atoms with Gasteiger partial charge in [-0.25, -0.2) is 0 Å². The predicted molar refractivity (Wildman–Crippen MR) is 67.5 cm³/mol. The molecule has 0 radical (unpaired) electrons. The summed E-state index contributed by atoms with van der Waals surface area (Å²) < 4.78 is 0. The molecule has 3 nitrogen and oxygen atoms in total. The van der Waals surface area contributed by atoms with Crippen LogP contribution in [0.1, 0.15) is 39.0 Å². The minimum atomic E-state index is -0.273. The molecule has 4 heteroatoms. The lowest BCUT2D eigenvalue weighted by molar-refractivity contribution is -0.131. The lowest BCUT2D eigenvalue weighted by Gasteiger charge is -2.22. The lowest BCUT2D eigenvalue weighted by atomic mass is 9.82. The SMILES string of the molecule is CC[C@H](N)C(=O)N1CC2CCCCC2C1.Cl. The largest absolute Gasteiger partial charge is 0.341 e. The third-order valence-electron chi connectivity index (χ3n) is 4.04. The van der Waals surface area contributed by atoms with E-state index >= 15 is 0 Å². The van der Waals surface area contributed by atoms with Crippen LogP contribution < -0.4 is 5.73 Å². The second-order valence-corrected chi connectivity index (χ2v) is 5.06. The van der Waals surface area contributed by atoms with Gasteiger partial charge in [-0.3, -0.25) is 4.79 Å². The molecule has 2 unspecified atom stereocenters. The van der Waals surface area contributed by atoms with Gasteiger partial charge in [-0.15, -0.1) is 12.4 Å². The summed E-state index contributed by atoms with van der Waals surface area (Å²) in [5, 5.41) is 0. The maximum Gasteiger partial charge on any atom is 0.239 e. The van der Waals surface area contributed by atoms with Crippen LogP contribution in [0.3, 0.4) is 0 Å². The maximum absolute atomic E-state index is 11.9. The number of halogens is 1. The van der Waals surface area contributed by atoms with Gasteiger partial charge < -0.3 is 10.6 Å². The van der Waals surface area contributed by atoms with Crippen molar-refractivity contribution in [1.29, 1.82) is 0 Å². The Morgan fingerprint density at radius 1 is 1.31 bits per heavy atom. The minimum Gasteiger partial charge on any atom is -0.341 e. The molecule has 0 bridgehead atoms. The third kappa shape index (κ3) is 2.69. The molecule has 1 aliphatic heterocycles. The summed E-state index contributed by atoms with van der Waals surface area (Å²) in [6.07, 6.45) is 6.09. The molecular formula is C12H23ClN2O. The highest BCUT2D eigenvalue weighted by molar-refractivity contribution is 5.85. The van der Waals surface area contributed by atoms with Crippen LogP contribution in [0.5, 0.6) is 0 Å². The molecule has 16 heavy (non-hydrogen) atoms. The standard InChI is InChI=1S/C12H22N2O.ClH/c1-2-11(13)12(15)14-7-9-5-3-4-6-10(9)8-14;/h9-11H,2-8,13H2,1H3;1H/t9?,10?,11-;/m0./s1. The maximum atomic E-state index is 11.9. The molecule has 3 atom stereocenters. The van der Waals surface area contributed by atoms with Gasteiger partial charge in [0.15, 0.2) is 0 Å². The number of fused-ring (bicyclic) bond motifs is 1. The first-order chi connectivity index (χ1) is 7.22. The highest BCUT2D eigenvalue weighted by atomic mass is 35.5. The average Bonchev–Trinajstić information content (AvgIpc) is 2.70. The van der Waals surface area contributed by atoms with Gasteiger partial charge in [0.1, 0.15) is 0 Å². The topological polar surface area (TPSA) is 46.3 Å². The Hall–Kier alpha value is -0.280. The van der Waals surface area contributed by atoms with Crippen LogP contribution in [0.4, 0.5) is 0 Å². The first kappa shape index (κ1) is 13.8. The van der Waals surface area contributed by atoms with E-state index < -0.39 is 0 Å². The molecule has 0 aromatic heterocycles. The van der Waals surface area contributed by atoms with Crippen molar-refractivity contribution < 1.29 is 4.79 Å². The zero-order chi connectivity index (χ0) is 10.8. The Kier molecular flexibility index (Phi) is 5.06. The van der Waals surface area contributed by atoms with Crippen LogP contribution in [-0.4, -0.2) is 29.9 Å². The number of nitrogens with zero attached hydrogens (tertiary/aromatic N) is 1. The van der Waals surface area contributed by atoms with Crippen LogP contribution >= 0.6 is 12.4 Å². The Balaban J connectivity index is 0.00000128. The van der Waals surface area contributed by atoms with Crippen molar-refractivity contribution in [3.63, 3.8) is 0 Å². The van der Waals surface area contributed by atoms with Crippen molar-refractivity contribution in [3.05, 3.63) is 0 Å². The number of likely N-dealkylation sites (tertiary alicyclic amines) is 1. The zero-order valence-electron chi connectivity index (χ0n) is 10.0. The van der Waals surface area contributed by atoms with Crippen molar-refractivity contribution in [2.45, 2.75) is 45.1 Å². The summed E-state index contributed by atoms with van der Waals surface area (Å²) in [5.74, 6) is 1.71. The van der Waals surface area contributed by atoms with Crippen molar-refractivity contribution in [2.75, 3.05) is 13.1 Å². The summed E-state index contributed by atoms with van der Waals surface area (Å²) in [6.45, 7) is 3.92. The summed E-state index contributed by atoms with van der Waals surface area (Å²) >= 11 is 0. The molecule has 2 aliphatic rings. The Bertz CT molecular complexity index is 233. The van der Waals surface area contributed by atoms with Crippen molar-refractivity contribution in [3.8, 4) is 0 Å². The Labute approximate surface area is 104 Å². The second-order valence-electron chi connectivity index (χ2n) is 5.06. The monoisotopic (exact) mass is 246 g/mol. The molecule has 2 N–H and O–H groups in total. The van der Waals surface area contributed by atoms with E-state index in [2.05, 4.69) is 0 Å². The summed E-state index contributed by atoms with van der Waals surface area (Å²) in [5.41, 5.74) is 5.79. The van der Waals surface area contributed by atoms with Crippen molar-refractivity contribution >= 4 is 18.3 Å². The quantitative estimate of drug-likeness (QED) is 0.808. The molecule has 2 fully saturated rings. The number of hydrogen-bond acceptors (Lipinski definition) is 2. The molecule has 1 amide bonds. The number of rotatable bonds is 2. The van der Waals surface area contributed by atoms with Gasteiger partial charge in [-0.2, -0.15) is 0 Å². The second kappa shape index (κ2) is 5.87. The van der Waals surface area contributed by atoms with Gasteiger partial charge in [0.25, 0.3) is 0 Å². The van der Waals surface area contributed by atoms with Crippen LogP contribution in [-0.2, 0) is 4.79 Å². The normalized spacial score (nSPS) is 30.5. The Morgan fingerprint density at radius 2 is 1.81 bits per heavy atom. The fraction of sp³-hybridized carbons (Fsp3) is 0.917. The van der Waals surface area contributed by atoms with Gasteiger partial charge in [-0.1, -0.05) is 19.8 Å². The molecule has 1 saturated heterocycles. The smallest absolute Gasteiger partial charge is 0.239 e. The highest BCUT2D eigenvalue weighted by Crippen LogP contribution is 2.36. The van der Waals surface area contributed by atoms with Gasteiger partial charge in [-0.05, 0) is 31.1 Å². The van der Waals surface area contributed by atoms with Crippen LogP contribution in [0.2, 0.25) is 0 Å². The first-order valence-electron chi connectivity index (χ1n) is 6.26. The number of amides is 1. The molecule has 1 heterocycles. The summed E-state index contributed by atoms with van der Waals surface area (Å²) in [7, 11) is 0. The lowest BCUT2D eigenvalue weighted by Crippen LogP contribution is -2.42. The summed E-state index contributed by atoms with van der Waals surface area (Å²) in [4.78, 5) is 13.9. The first-order valence-corrected chi connectivity index (χ1v) is 6.26. The highest BCUT2D eigenvalue weighted by Gasteiger charge is 2.37. The van der Waals surface area contributed by atoms with Gasteiger partial charge in [0.05, 0.1) is 6.04 Å².